The first kappa shape index (κ1) is 13.1. The number of thiophene rings is 1. The molecule has 18 heavy (non-hydrogen) atoms. The van der Waals surface area contributed by atoms with Crippen molar-refractivity contribution in [1.29, 1.82) is 0 Å². The largest absolute Gasteiger partial charge is 0.491 e. The molecule has 0 radical (unpaired) electrons. The van der Waals surface area contributed by atoms with Gasteiger partial charge >= 0.3 is 0 Å². The summed E-state index contributed by atoms with van der Waals surface area (Å²) in [6, 6.07) is 10.1. The maximum atomic E-state index is 6.29. The molecule has 0 saturated carbocycles. The highest BCUT2D eigenvalue weighted by atomic mass is 32.1. The van der Waals surface area contributed by atoms with Gasteiger partial charge in [0, 0.05) is 11.6 Å². The molecule has 3 heteroatoms. The summed E-state index contributed by atoms with van der Waals surface area (Å²) in [6.45, 7) is 4.06. The monoisotopic (exact) mass is 261 g/mol. The minimum Gasteiger partial charge on any atom is -0.491 e. The normalized spacial score (nSPS) is 12.7. The lowest BCUT2D eigenvalue weighted by Gasteiger charge is -2.18. The number of para-hydroxylation sites is 1. The van der Waals surface area contributed by atoms with E-state index < -0.39 is 0 Å². The molecule has 0 fully saturated rings. The van der Waals surface area contributed by atoms with Gasteiger partial charge in [0.15, 0.2) is 0 Å². The first-order valence-electron chi connectivity index (χ1n) is 6.19. The highest BCUT2D eigenvalue weighted by Crippen LogP contribution is 2.27. The molecule has 0 spiro atoms. The molecular weight excluding hydrogens is 242 g/mol. The third-order valence-corrected chi connectivity index (χ3v) is 3.45. The van der Waals surface area contributed by atoms with Crippen molar-refractivity contribution in [3.63, 3.8) is 0 Å². The first-order chi connectivity index (χ1) is 8.66. The van der Waals surface area contributed by atoms with Crippen molar-refractivity contribution in [1.82, 2.24) is 0 Å². The second-order valence-electron chi connectivity index (χ2n) is 4.65. The molecule has 1 aromatic carbocycles. The molecule has 2 aromatic rings. The van der Waals surface area contributed by atoms with Gasteiger partial charge in [0.05, 0.1) is 6.10 Å². The Bertz CT molecular complexity index is 479. The van der Waals surface area contributed by atoms with E-state index in [4.69, 9.17) is 10.5 Å². The Morgan fingerprint density at radius 1 is 1.22 bits per heavy atom. The van der Waals surface area contributed by atoms with Crippen LogP contribution in [0.5, 0.6) is 5.75 Å². The van der Waals surface area contributed by atoms with Crippen molar-refractivity contribution >= 4 is 11.3 Å². The van der Waals surface area contributed by atoms with Crippen LogP contribution in [0.4, 0.5) is 0 Å². The van der Waals surface area contributed by atoms with Gasteiger partial charge in [-0.25, -0.2) is 0 Å². The molecule has 1 atom stereocenters. The smallest absolute Gasteiger partial charge is 0.124 e. The van der Waals surface area contributed by atoms with Crippen molar-refractivity contribution in [2.24, 2.45) is 5.73 Å². The molecule has 0 bridgehead atoms. The summed E-state index contributed by atoms with van der Waals surface area (Å²) >= 11 is 1.70. The molecule has 0 aliphatic carbocycles. The molecule has 1 unspecified atom stereocenters. The van der Waals surface area contributed by atoms with Gasteiger partial charge < -0.3 is 10.5 Å². The maximum absolute atomic E-state index is 6.29. The van der Waals surface area contributed by atoms with Crippen molar-refractivity contribution in [3.05, 3.63) is 52.2 Å². The summed E-state index contributed by atoms with van der Waals surface area (Å²) in [6.07, 6.45) is 1.02. The zero-order chi connectivity index (χ0) is 13.0. The van der Waals surface area contributed by atoms with Gasteiger partial charge in [0.2, 0.25) is 0 Å². The van der Waals surface area contributed by atoms with Crippen LogP contribution in [0.1, 0.15) is 31.0 Å². The molecule has 2 N–H and O–H groups in total. The van der Waals surface area contributed by atoms with E-state index in [0.717, 1.165) is 17.7 Å². The number of rotatable bonds is 5. The zero-order valence-corrected chi connectivity index (χ0v) is 11.6. The number of hydrogen-bond donors (Lipinski definition) is 1. The van der Waals surface area contributed by atoms with E-state index >= 15 is 0 Å². The molecule has 0 amide bonds. The Labute approximate surface area is 112 Å². The van der Waals surface area contributed by atoms with Crippen LogP contribution >= 0.6 is 11.3 Å². The molecule has 0 aliphatic heterocycles. The number of hydrogen-bond acceptors (Lipinski definition) is 3. The van der Waals surface area contributed by atoms with Crippen LogP contribution in [0.15, 0.2) is 41.1 Å². The fourth-order valence-corrected chi connectivity index (χ4v) is 2.60. The van der Waals surface area contributed by atoms with Crippen molar-refractivity contribution in [3.8, 4) is 5.75 Å². The average molecular weight is 261 g/mol. The Kier molecular flexibility index (Phi) is 4.39. The van der Waals surface area contributed by atoms with Gasteiger partial charge in [-0.1, -0.05) is 18.2 Å². The fraction of sp³-hybridized carbons (Fsp3) is 0.333. The summed E-state index contributed by atoms with van der Waals surface area (Å²) in [4.78, 5) is 0. The summed E-state index contributed by atoms with van der Waals surface area (Å²) in [5.41, 5.74) is 8.65. The summed E-state index contributed by atoms with van der Waals surface area (Å²) in [7, 11) is 0. The predicted molar refractivity (Wildman–Crippen MR) is 77.2 cm³/mol. The van der Waals surface area contributed by atoms with E-state index in [9.17, 15) is 0 Å². The molecular formula is C15H19NOS. The second kappa shape index (κ2) is 6.03. The van der Waals surface area contributed by atoms with Crippen molar-refractivity contribution in [2.45, 2.75) is 32.4 Å². The molecule has 0 saturated heterocycles. The standard InChI is InChI=1S/C15H19NOS/c1-11(2)17-15-6-4-3-5-13(15)14(16)9-12-7-8-18-10-12/h3-8,10-11,14H,9,16H2,1-2H3. The van der Waals surface area contributed by atoms with Gasteiger partial charge in [-0.15, -0.1) is 0 Å². The Morgan fingerprint density at radius 2 is 2.00 bits per heavy atom. The fourth-order valence-electron chi connectivity index (χ4n) is 1.92. The van der Waals surface area contributed by atoms with Crippen LogP contribution in [0.3, 0.4) is 0 Å². The van der Waals surface area contributed by atoms with E-state index in [-0.39, 0.29) is 12.1 Å². The third kappa shape index (κ3) is 3.34. The SMILES string of the molecule is CC(C)Oc1ccccc1C(N)Cc1ccsc1. The Hall–Kier alpha value is -1.32. The van der Waals surface area contributed by atoms with E-state index in [1.165, 1.54) is 5.56 Å². The quantitative estimate of drug-likeness (QED) is 0.889. The zero-order valence-electron chi connectivity index (χ0n) is 10.8. The van der Waals surface area contributed by atoms with Crippen LogP contribution in [-0.2, 0) is 6.42 Å². The van der Waals surface area contributed by atoms with E-state index in [0.29, 0.717) is 0 Å². The van der Waals surface area contributed by atoms with Gasteiger partial charge in [-0.2, -0.15) is 11.3 Å². The lowest BCUT2D eigenvalue weighted by Crippen LogP contribution is -2.16. The summed E-state index contributed by atoms with van der Waals surface area (Å²) < 4.78 is 5.81. The Balaban J connectivity index is 2.16. The van der Waals surface area contributed by atoms with Crippen LogP contribution in [0, 0.1) is 0 Å². The molecule has 2 rings (SSSR count). The average Bonchev–Trinajstić information content (AvgIpc) is 2.81. The summed E-state index contributed by atoms with van der Waals surface area (Å²) in [5, 5.41) is 4.23. The first-order valence-corrected chi connectivity index (χ1v) is 7.13. The van der Waals surface area contributed by atoms with Gasteiger partial charge in [0.1, 0.15) is 5.75 Å². The highest BCUT2D eigenvalue weighted by Gasteiger charge is 2.13. The van der Waals surface area contributed by atoms with Crippen LogP contribution < -0.4 is 10.5 Å². The second-order valence-corrected chi connectivity index (χ2v) is 5.43. The van der Waals surface area contributed by atoms with Crippen molar-refractivity contribution in [2.75, 3.05) is 0 Å². The molecule has 2 nitrogen and oxygen atoms in total. The van der Waals surface area contributed by atoms with Gasteiger partial charge in [-0.3, -0.25) is 0 Å². The molecule has 1 heterocycles. The lowest BCUT2D eigenvalue weighted by molar-refractivity contribution is 0.238. The van der Waals surface area contributed by atoms with E-state index in [1.54, 1.807) is 11.3 Å². The van der Waals surface area contributed by atoms with Crippen molar-refractivity contribution < 1.29 is 4.74 Å². The number of benzene rings is 1. The Morgan fingerprint density at radius 3 is 2.67 bits per heavy atom. The number of nitrogens with two attached hydrogens (primary N) is 1. The minimum absolute atomic E-state index is 0.0189. The molecule has 0 aliphatic rings. The molecule has 1 aromatic heterocycles. The van der Waals surface area contributed by atoms with Crippen LogP contribution in [-0.4, -0.2) is 6.10 Å². The molecule has 96 valence electrons. The predicted octanol–water partition coefficient (Wildman–Crippen LogP) is 3.78. The summed E-state index contributed by atoms with van der Waals surface area (Å²) in [5.74, 6) is 0.898. The highest BCUT2D eigenvalue weighted by molar-refractivity contribution is 7.07. The van der Waals surface area contributed by atoms with Gasteiger partial charge in [0.25, 0.3) is 0 Å². The number of ether oxygens (including phenoxy) is 1. The lowest BCUT2D eigenvalue weighted by atomic mass is 10.0. The van der Waals surface area contributed by atoms with Crippen LogP contribution in [0.25, 0.3) is 0 Å². The van der Waals surface area contributed by atoms with Gasteiger partial charge in [-0.05, 0) is 48.7 Å². The topological polar surface area (TPSA) is 35.2 Å². The maximum Gasteiger partial charge on any atom is 0.124 e. The van der Waals surface area contributed by atoms with Crippen LogP contribution in [0.2, 0.25) is 0 Å². The van der Waals surface area contributed by atoms with E-state index in [2.05, 4.69) is 22.9 Å². The van der Waals surface area contributed by atoms with E-state index in [1.807, 2.05) is 32.0 Å². The third-order valence-electron chi connectivity index (χ3n) is 2.72. The minimum atomic E-state index is -0.0189.